The average molecular weight is 378 g/mol. The number of rotatable bonds is 7. The number of oxazole rings is 2. The van der Waals surface area contributed by atoms with Crippen molar-refractivity contribution in [2.45, 2.75) is 11.5 Å². The molecule has 0 spiro atoms. The lowest BCUT2D eigenvalue weighted by atomic mass is 10.2. The molecule has 0 bridgehead atoms. The predicted molar refractivity (Wildman–Crippen MR) is 105 cm³/mol. The molecule has 0 atom stereocenters. The fourth-order valence-corrected chi connectivity index (χ4v) is 3.37. The summed E-state index contributed by atoms with van der Waals surface area (Å²) >= 11 is 1.72. The lowest BCUT2D eigenvalue weighted by Gasteiger charge is -1.99. The number of ether oxygens (including phenoxy) is 1. The van der Waals surface area contributed by atoms with Crippen molar-refractivity contribution in [2.24, 2.45) is 0 Å². The van der Waals surface area contributed by atoms with E-state index in [4.69, 9.17) is 13.6 Å². The van der Waals surface area contributed by atoms with Crippen molar-refractivity contribution in [1.29, 1.82) is 0 Å². The molecule has 0 saturated carbocycles. The third kappa shape index (κ3) is 4.23. The number of methoxy groups -OCH3 is 1. The van der Waals surface area contributed by atoms with Gasteiger partial charge in [0.25, 0.3) is 0 Å². The fourth-order valence-electron chi connectivity index (χ4n) is 2.59. The van der Waals surface area contributed by atoms with Gasteiger partial charge in [-0.15, -0.1) is 11.8 Å². The van der Waals surface area contributed by atoms with Crippen LogP contribution in [0.1, 0.15) is 11.4 Å². The standard InChI is InChI=1S/C21H18N2O3S/c1-24-19-9-7-16(8-10-19)21-23-18(12-26-21)14-27-13-17-11-25-20(22-17)15-5-3-2-4-6-15/h2-12H,13-14H2,1H3. The first-order valence-corrected chi connectivity index (χ1v) is 9.64. The summed E-state index contributed by atoms with van der Waals surface area (Å²) in [6.45, 7) is 0. The zero-order valence-electron chi connectivity index (χ0n) is 14.8. The molecule has 0 aliphatic carbocycles. The lowest BCUT2D eigenvalue weighted by molar-refractivity contribution is 0.415. The van der Waals surface area contributed by atoms with Crippen molar-refractivity contribution in [2.75, 3.05) is 7.11 Å². The van der Waals surface area contributed by atoms with Crippen LogP contribution in [0.25, 0.3) is 22.9 Å². The third-order valence-electron chi connectivity index (χ3n) is 3.96. The van der Waals surface area contributed by atoms with Gasteiger partial charge in [0.1, 0.15) is 18.3 Å². The second-order valence-electron chi connectivity index (χ2n) is 5.88. The second kappa shape index (κ2) is 8.14. The topological polar surface area (TPSA) is 61.3 Å². The molecule has 5 nitrogen and oxygen atoms in total. The molecule has 0 saturated heterocycles. The Labute approximate surface area is 161 Å². The minimum Gasteiger partial charge on any atom is -0.497 e. The Hall–Kier alpha value is -2.99. The van der Waals surface area contributed by atoms with Crippen LogP contribution in [0.5, 0.6) is 5.75 Å². The number of nitrogens with zero attached hydrogens (tertiary/aromatic N) is 2. The van der Waals surface area contributed by atoms with Crippen molar-refractivity contribution < 1.29 is 13.6 Å². The monoisotopic (exact) mass is 378 g/mol. The van der Waals surface area contributed by atoms with Crippen molar-refractivity contribution >= 4 is 11.8 Å². The molecule has 4 aromatic rings. The largest absolute Gasteiger partial charge is 0.497 e. The van der Waals surface area contributed by atoms with Gasteiger partial charge in [0, 0.05) is 22.6 Å². The molecular weight excluding hydrogens is 360 g/mol. The van der Waals surface area contributed by atoms with Gasteiger partial charge in [-0.1, -0.05) is 18.2 Å². The zero-order chi connectivity index (χ0) is 18.5. The summed E-state index contributed by atoms with van der Waals surface area (Å²) in [4.78, 5) is 9.09. The Kier molecular flexibility index (Phi) is 5.25. The van der Waals surface area contributed by atoms with Gasteiger partial charge in [0.2, 0.25) is 11.8 Å². The molecule has 0 fully saturated rings. The molecule has 27 heavy (non-hydrogen) atoms. The fraction of sp³-hybridized carbons (Fsp3) is 0.143. The summed E-state index contributed by atoms with van der Waals surface area (Å²) in [6, 6.07) is 17.5. The highest BCUT2D eigenvalue weighted by Crippen LogP contribution is 2.25. The molecule has 0 unspecified atom stereocenters. The first-order valence-electron chi connectivity index (χ1n) is 8.48. The van der Waals surface area contributed by atoms with Gasteiger partial charge in [-0.25, -0.2) is 9.97 Å². The Morgan fingerprint density at radius 1 is 0.778 bits per heavy atom. The molecule has 2 aromatic carbocycles. The summed E-state index contributed by atoms with van der Waals surface area (Å²) in [7, 11) is 1.65. The van der Waals surface area contributed by atoms with E-state index in [-0.39, 0.29) is 0 Å². The van der Waals surface area contributed by atoms with E-state index in [1.54, 1.807) is 31.4 Å². The van der Waals surface area contributed by atoms with Gasteiger partial charge >= 0.3 is 0 Å². The van der Waals surface area contributed by atoms with E-state index in [1.807, 2.05) is 54.6 Å². The SMILES string of the molecule is COc1ccc(-c2nc(CSCc3coc(-c4ccccc4)n3)co2)cc1. The van der Waals surface area contributed by atoms with Crippen LogP contribution in [0, 0.1) is 0 Å². The van der Waals surface area contributed by atoms with E-state index in [1.165, 1.54) is 0 Å². The number of thioether (sulfide) groups is 1. The average Bonchev–Trinajstić information content (AvgIpc) is 3.39. The van der Waals surface area contributed by atoms with E-state index in [9.17, 15) is 0 Å². The molecule has 0 radical (unpaired) electrons. The Morgan fingerprint density at radius 3 is 1.89 bits per heavy atom. The summed E-state index contributed by atoms with van der Waals surface area (Å²) in [6.07, 6.45) is 3.41. The van der Waals surface area contributed by atoms with Crippen LogP contribution >= 0.6 is 11.8 Å². The number of benzene rings is 2. The molecule has 136 valence electrons. The van der Waals surface area contributed by atoms with Gasteiger partial charge in [0.05, 0.1) is 18.5 Å². The minimum atomic E-state index is 0.612. The molecule has 2 aromatic heterocycles. The van der Waals surface area contributed by atoms with Crippen molar-refractivity contribution in [3.63, 3.8) is 0 Å². The van der Waals surface area contributed by atoms with Crippen LogP contribution < -0.4 is 4.74 Å². The highest BCUT2D eigenvalue weighted by atomic mass is 32.2. The second-order valence-corrected chi connectivity index (χ2v) is 6.86. The number of aromatic nitrogens is 2. The summed E-state index contributed by atoms with van der Waals surface area (Å²) in [5, 5.41) is 0. The van der Waals surface area contributed by atoms with Gasteiger partial charge in [-0.05, 0) is 36.4 Å². The first kappa shape index (κ1) is 17.4. The highest BCUT2D eigenvalue weighted by Gasteiger charge is 2.09. The van der Waals surface area contributed by atoms with Crippen LogP contribution in [0.3, 0.4) is 0 Å². The predicted octanol–water partition coefficient (Wildman–Crippen LogP) is 5.44. The van der Waals surface area contributed by atoms with E-state index >= 15 is 0 Å². The van der Waals surface area contributed by atoms with Crippen LogP contribution in [0.15, 0.2) is 76.0 Å². The lowest BCUT2D eigenvalue weighted by Crippen LogP contribution is -1.86. The van der Waals surface area contributed by atoms with E-state index in [0.29, 0.717) is 11.8 Å². The van der Waals surface area contributed by atoms with Crippen molar-refractivity contribution in [3.05, 3.63) is 78.5 Å². The van der Waals surface area contributed by atoms with Crippen LogP contribution in [-0.4, -0.2) is 17.1 Å². The van der Waals surface area contributed by atoms with Crippen LogP contribution in [0.2, 0.25) is 0 Å². The zero-order valence-corrected chi connectivity index (χ0v) is 15.6. The summed E-state index contributed by atoms with van der Waals surface area (Å²) in [5.74, 6) is 3.56. The third-order valence-corrected chi connectivity index (χ3v) is 4.96. The van der Waals surface area contributed by atoms with E-state index in [0.717, 1.165) is 39.8 Å². The quantitative estimate of drug-likeness (QED) is 0.427. The molecule has 6 heteroatoms. The normalized spacial score (nSPS) is 10.9. The Morgan fingerprint density at radius 2 is 1.33 bits per heavy atom. The van der Waals surface area contributed by atoms with Gasteiger partial charge < -0.3 is 13.6 Å². The first-order chi connectivity index (χ1) is 13.3. The van der Waals surface area contributed by atoms with Gasteiger partial charge in [0.15, 0.2) is 0 Å². The molecule has 4 rings (SSSR count). The van der Waals surface area contributed by atoms with Gasteiger partial charge in [-0.2, -0.15) is 0 Å². The summed E-state index contributed by atoms with van der Waals surface area (Å²) in [5.41, 5.74) is 3.72. The van der Waals surface area contributed by atoms with E-state index in [2.05, 4.69) is 9.97 Å². The number of hydrogen-bond acceptors (Lipinski definition) is 6. The van der Waals surface area contributed by atoms with Crippen molar-refractivity contribution in [3.8, 4) is 28.7 Å². The van der Waals surface area contributed by atoms with E-state index < -0.39 is 0 Å². The maximum Gasteiger partial charge on any atom is 0.226 e. The van der Waals surface area contributed by atoms with Crippen molar-refractivity contribution in [1.82, 2.24) is 9.97 Å². The van der Waals surface area contributed by atoms with Gasteiger partial charge in [-0.3, -0.25) is 0 Å². The molecule has 0 amide bonds. The highest BCUT2D eigenvalue weighted by molar-refractivity contribution is 7.97. The molecule has 0 N–H and O–H groups in total. The smallest absolute Gasteiger partial charge is 0.226 e. The maximum absolute atomic E-state index is 5.59. The van der Waals surface area contributed by atoms with Crippen LogP contribution in [-0.2, 0) is 11.5 Å². The number of hydrogen-bond donors (Lipinski definition) is 0. The summed E-state index contributed by atoms with van der Waals surface area (Å²) < 4.78 is 16.3. The molecule has 2 heterocycles. The maximum atomic E-state index is 5.59. The Bertz CT molecular complexity index is 994. The minimum absolute atomic E-state index is 0.612. The Balaban J connectivity index is 1.33. The molecule has 0 aliphatic heterocycles. The van der Waals surface area contributed by atoms with Crippen LogP contribution in [0.4, 0.5) is 0 Å². The molecular formula is C21H18N2O3S. The molecule has 0 aliphatic rings.